The number of allylic oxidation sites excluding steroid dienone is 2. The van der Waals surface area contributed by atoms with E-state index in [2.05, 4.69) is 19.1 Å². The van der Waals surface area contributed by atoms with Crippen LogP contribution in [0, 0.1) is 11.8 Å². The number of hydrogen-bond acceptors (Lipinski definition) is 1. The fourth-order valence-corrected chi connectivity index (χ4v) is 1.82. The van der Waals surface area contributed by atoms with Gasteiger partial charge in [0.05, 0.1) is 0 Å². The first-order chi connectivity index (χ1) is 5.38. The highest BCUT2D eigenvalue weighted by atomic mass is 16.5. The molecule has 1 heteroatoms. The maximum absolute atomic E-state index is 5.18. The molecule has 64 valence electrons. The molecule has 0 amide bonds. The molecule has 0 bridgehead atoms. The highest BCUT2D eigenvalue weighted by Crippen LogP contribution is 2.28. The van der Waals surface area contributed by atoms with Crippen LogP contribution in [0.2, 0.25) is 0 Å². The van der Waals surface area contributed by atoms with Gasteiger partial charge in [-0.3, -0.25) is 0 Å². The summed E-state index contributed by atoms with van der Waals surface area (Å²) >= 11 is 0. The van der Waals surface area contributed by atoms with Crippen molar-refractivity contribution in [2.45, 2.75) is 26.2 Å². The van der Waals surface area contributed by atoms with E-state index in [-0.39, 0.29) is 0 Å². The largest absolute Gasteiger partial charge is 0.384 e. The molecule has 1 rings (SSSR count). The van der Waals surface area contributed by atoms with Crippen molar-refractivity contribution in [3.63, 3.8) is 0 Å². The van der Waals surface area contributed by atoms with Crippen molar-refractivity contribution in [1.29, 1.82) is 0 Å². The number of ether oxygens (including phenoxy) is 1. The van der Waals surface area contributed by atoms with Gasteiger partial charge in [-0.05, 0) is 24.7 Å². The monoisotopic (exact) mass is 154 g/mol. The first-order valence-electron chi connectivity index (χ1n) is 4.52. The minimum atomic E-state index is 0.773. The molecule has 0 N–H and O–H groups in total. The quantitative estimate of drug-likeness (QED) is 0.566. The minimum Gasteiger partial charge on any atom is -0.384 e. The summed E-state index contributed by atoms with van der Waals surface area (Å²) in [4.78, 5) is 0. The van der Waals surface area contributed by atoms with Crippen molar-refractivity contribution in [3.05, 3.63) is 12.2 Å². The van der Waals surface area contributed by atoms with E-state index in [1.54, 1.807) is 7.11 Å². The smallest absolute Gasteiger partial charge is 0.0493 e. The van der Waals surface area contributed by atoms with Crippen LogP contribution in [0.5, 0.6) is 0 Å². The Morgan fingerprint density at radius 1 is 1.45 bits per heavy atom. The van der Waals surface area contributed by atoms with Gasteiger partial charge in [0.15, 0.2) is 0 Å². The lowest BCUT2D eigenvalue weighted by molar-refractivity contribution is 0.120. The summed E-state index contributed by atoms with van der Waals surface area (Å²) < 4.78 is 5.18. The molecule has 1 atom stereocenters. The third kappa shape index (κ3) is 2.33. The van der Waals surface area contributed by atoms with E-state index in [0.717, 1.165) is 18.4 Å². The molecule has 0 aromatic carbocycles. The molecule has 0 heterocycles. The molecule has 0 radical (unpaired) electrons. The summed E-state index contributed by atoms with van der Waals surface area (Å²) in [5.41, 5.74) is 0. The predicted octanol–water partition coefficient (Wildman–Crippen LogP) is 2.63. The zero-order chi connectivity index (χ0) is 8.10. The van der Waals surface area contributed by atoms with Gasteiger partial charge in [-0.1, -0.05) is 25.5 Å². The first-order valence-corrected chi connectivity index (χ1v) is 4.52. The van der Waals surface area contributed by atoms with E-state index in [1.807, 2.05) is 0 Å². The van der Waals surface area contributed by atoms with Crippen LogP contribution in [0.3, 0.4) is 0 Å². The van der Waals surface area contributed by atoms with Crippen molar-refractivity contribution >= 4 is 0 Å². The molecular formula is C10H18O. The number of rotatable bonds is 4. The van der Waals surface area contributed by atoms with Gasteiger partial charge in [0.2, 0.25) is 0 Å². The van der Waals surface area contributed by atoms with Gasteiger partial charge >= 0.3 is 0 Å². The fourth-order valence-electron chi connectivity index (χ4n) is 1.82. The molecule has 0 saturated carbocycles. The predicted molar refractivity (Wildman–Crippen MR) is 47.5 cm³/mol. The molecule has 0 spiro atoms. The van der Waals surface area contributed by atoms with Crippen molar-refractivity contribution in [2.24, 2.45) is 11.8 Å². The van der Waals surface area contributed by atoms with E-state index in [0.29, 0.717) is 0 Å². The lowest BCUT2D eigenvalue weighted by Crippen LogP contribution is -2.16. The summed E-state index contributed by atoms with van der Waals surface area (Å²) in [6.07, 6.45) is 8.37. The molecule has 0 aromatic rings. The minimum absolute atomic E-state index is 0.773. The van der Waals surface area contributed by atoms with Gasteiger partial charge in [-0.25, -0.2) is 0 Å². The van der Waals surface area contributed by atoms with Gasteiger partial charge in [0.1, 0.15) is 0 Å². The van der Waals surface area contributed by atoms with Crippen LogP contribution in [0.25, 0.3) is 0 Å². The Morgan fingerprint density at radius 2 is 2.09 bits per heavy atom. The topological polar surface area (TPSA) is 9.23 Å². The van der Waals surface area contributed by atoms with Crippen molar-refractivity contribution in [2.75, 3.05) is 13.7 Å². The van der Waals surface area contributed by atoms with Crippen LogP contribution >= 0.6 is 0 Å². The third-order valence-electron chi connectivity index (χ3n) is 2.62. The Labute approximate surface area is 69.4 Å². The average Bonchev–Trinajstić information content (AvgIpc) is 2.52. The highest BCUT2D eigenvalue weighted by molar-refractivity contribution is 4.96. The Bertz CT molecular complexity index is 121. The number of hydrogen-bond donors (Lipinski definition) is 0. The van der Waals surface area contributed by atoms with Crippen LogP contribution in [0.1, 0.15) is 26.2 Å². The summed E-state index contributed by atoms with van der Waals surface area (Å²) in [7, 11) is 1.80. The molecule has 0 fully saturated rings. The summed E-state index contributed by atoms with van der Waals surface area (Å²) in [6.45, 7) is 3.19. The maximum atomic E-state index is 5.18. The summed E-state index contributed by atoms with van der Waals surface area (Å²) in [5.74, 6) is 1.63. The Morgan fingerprint density at radius 3 is 2.55 bits per heavy atom. The lowest BCUT2D eigenvalue weighted by Gasteiger charge is -2.20. The molecule has 1 aliphatic rings. The zero-order valence-electron chi connectivity index (χ0n) is 7.55. The second-order valence-electron chi connectivity index (χ2n) is 3.33. The Hall–Kier alpha value is -0.300. The van der Waals surface area contributed by atoms with Gasteiger partial charge in [0, 0.05) is 13.7 Å². The molecule has 1 unspecified atom stereocenters. The molecule has 1 nitrogen and oxygen atoms in total. The van der Waals surface area contributed by atoms with Gasteiger partial charge in [-0.2, -0.15) is 0 Å². The second kappa shape index (κ2) is 4.55. The summed E-state index contributed by atoms with van der Waals surface area (Å²) in [5, 5.41) is 0. The van der Waals surface area contributed by atoms with Crippen LogP contribution in [-0.4, -0.2) is 13.7 Å². The molecule has 1 aliphatic carbocycles. The molecule has 0 aromatic heterocycles. The number of methoxy groups -OCH3 is 1. The van der Waals surface area contributed by atoms with E-state index < -0.39 is 0 Å². The van der Waals surface area contributed by atoms with Crippen molar-refractivity contribution in [3.8, 4) is 0 Å². The van der Waals surface area contributed by atoms with E-state index in [1.165, 1.54) is 19.3 Å². The van der Waals surface area contributed by atoms with Crippen molar-refractivity contribution in [1.82, 2.24) is 0 Å². The normalized spacial score (nSPS) is 20.9. The Balaban J connectivity index is 2.29. The van der Waals surface area contributed by atoms with Gasteiger partial charge < -0.3 is 4.74 Å². The van der Waals surface area contributed by atoms with Crippen LogP contribution < -0.4 is 0 Å². The second-order valence-corrected chi connectivity index (χ2v) is 3.33. The van der Waals surface area contributed by atoms with E-state index in [9.17, 15) is 0 Å². The first kappa shape index (κ1) is 8.79. The van der Waals surface area contributed by atoms with Gasteiger partial charge in [0.25, 0.3) is 0 Å². The zero-order valence-corrected chi connectivity index (χ0v) is 7.55. The third-order valence-corrected chi connectivity index (χ3v) is 2.62. The van der Waals surface area contributed by atoms with Crippen molar-refractivity contribution < 1.29 is 4.74 Å². The van der Waals surface area contributed by atoms with E-state index in [4.69, 9.17) is 4.74 Å². The molecular weight excluding hydrogens is 136 g/mol. The molecule has 11 heavy (non-hydrogen) atoms. The highest BCUT2D eigenvalue weighted by Gasteiger charge is 2.19. The summed E-state index contributed by atoms with van der Waals surface area (Å²) in [6, 6.07) is 0. The lowest BCUT2D eigenvalue weighted by atomic mass is 9.89. The van der Waals surface area contributed by atoms with Crippen LogP contribution in [0.4, 0.5) is 0 Å². The average molecular weight is 154 g/mol. The maximum Gasteiger partial charge on any atom is 0.0493 e. The van der Waals surface area contributed by atoms with Crippen LogP contribution in [-0.2, 0) is 4.74 Å². The standard InChI is InChI=1S/C10H18O/c1-3-9(8-11-2)10-6-4-5-7-10/h4-5,9-10H,3,6-8H2,1-2H3. The van der Waals surface area contributed by atoms with Gasteiger partial charge in [-0.15, -0.1) is 0 Å². The molecule has 0 saturated heterocycles. The Kier molecular flexibility index (Phi) is 3.64. The van der Waals surface area contributed by atoms with E-state index >= 15 is 0 Å². The SMILES string of the molecule is CCC(COC)C1CC=CC1. The van der Waals surface area contributed by atoms with Crippen LogP contribution in [0.15, 0.2) is 12.2 Å². The molecule has 0 aliphatic heterocycles. The fraction of sp³-hybridized carbons (Fsp3) is 0.800.